The fourth-order valence-corrected chi connectivity index (χ4v) is 4.59. The van der Waals surface area contributed by atoms with Gasteiger partial charge in [-0.2, -0.15) is 0 Å². The number of thiazole rings is 1. The molecule has 0 unspecified atom stereocenters. The number of rotatable bonds is 5. The number of hydrogen-bond donors (Lipinski definition) is 1. The van der Waals surface area contributed by atoms with Gasteiger partial charge in [-0.25, -0.2) is 9.97 Å². The molecule has 2 aromatic heterocycles. The van der Waals surface area contributed by atoms with E-state index < -0.39 is 0 Å². The number of aryl methyl sites for hydroxylation is 5. The van der Waals surface area contributed by atoms with Crippen LogP contribution in [0, 0.1) is 34.6 Å². The first-order valence-corrected chi connectivity index (χ1v) is 10.4. The van der Waals surface area contributed by atoms with E-state index in [1.807, 2.05) is 13.8 Å². The third kappa shape index (κ3) is 4.24. The molecule has 26 heavy (non-hydrogen) atoms. The van der Waals surface area contributed by atoms with Crippen LogP contribution >= 0.6 is 23.1 Å². The largest absolute Gasteiger partial charge is 0.302 e. The van der Waals surface area contributed by atoms with Gasteiger partial charge in [-0.05, 0) is 57.9 Å². The van der Waals surface area contributed by atoms with Crippen LogP contribution in [0.15, 0.2) is 23.2 Å². The standard InChI is InChI=1S/C20H23N3OS2/c1-11-8-13(3)19-16(9-11)12(2)10-18(23-19)25-7-6-17(24)22-20-21-14(4)15(5)26-20/h8-10H,6-7H2,1-5H3,(H,21,22,24). The Morgan fingerprint density at radius 3 is 2.54 bits per heavy atom. The second-order valence-corrected chi connectivity index (χ2v) is 8.88. The molecule has 0 fully saturated rings. The minimum absolute atomic E-state index is 0.00411. The molecule has 0 radical (unpaired) electrons. The molecule has 1 aromatic carbocycles. The molecule has 3 rings (SSSR count). The van der Waals surface area contributed by atoms with Crippen LogP contribution < -0.4 is 5.32 Å². The van der Waals surface area contributed by atoms with Gasteiger partial charge in [0.2, 0.25) is 5.91 Å². The molecular weight excluding hydrogens is 362 g/mol. The van der Waals surface area contributed by atoms with E-state index in [-0.39, 0.29) is 5.91 Å². The second-order valence-electron chi connectivity index (χ2n) is 6.56. The van der Waals surface area contributed by atoms with Crippen molar-refractivity contribution >= 4 is 45.0 Å². The van der Waals surface area contributed by atoms with Crippen LogP contribution in [-0.4, -0.2) is 21.6 Å². The average Bonchev–Trinajstić information content (AvgIpc) is 2.86. The van der Waals surface area contributed by atoms with Gasteiger partial charge in [0, 0.05) is 22.4 Å². The highest BCUT2D eigenvalue weighted by Gasteiger charge is 2.10. The Labute approximate surface area is 162 Å². The van der Waals surface area contributed by atoms with Gasteiger partial charge >= 0.3 is 0 Å². The van der Waals surface area contributed by atoms with E-state index >= 15 is 0 Å². The molecule has 0 atom stereocenters. The van der Waals surface area contributed by atoms with Gasteiger partial charge < -0.3 is 5.32 Å². The van der Waals surface area contributed by atoms with E-state index in [0.29, 0.717) is 17.3 Å². The van der Waals surface area contributed by atoms with Crippen molar-refractivity contribution in [2.45, 2.75) is 46.1 Å². The third-order valence-corrected chi connectivity index (χ3v) is 6.19. The van der Waals surface area contributed by atoms with Crippen molar-refractivity contribution in [1.82, 2.24) is 9.97 Å². The molecule has 0 spiro atoms. The Morgan fingerprint density at radius 1 is 1.08 bits per heavy atom. The molecule has 1 amide bonds. The third-order valence-electron chi connectivity index (χ3n) is 4.29. The molecule has 2 heterocycles. The number of hydrogen-bond acceptors (Lipinski definition) is 5. The highest BCUT2D eigenvalue weighted by atomic mass is 32.2. The van der Waals surface area contributed by atoms with Gasteiger partial charge in [0.05, 0.1) is 16.2 Å². The fraction of sp³-hybridized carbons (Fsp3) is 0.350. The number of pyridine rings is 1. The van der Waals surface area contributed by atoms with Crippen molar-refractivity contribution in [2.75, 3.05) is 11.1 Å². The molecule has 0 aliphatic carbocycles. The first-order valence-electron chi connectivity index (χ1n) is 8.59. The number of carbonyl (C=O) groups excluding carboxylic acids is 1. The van der Waals surface area contributed by atoms with Crippen molar-refractivity contribution < 1.29 is 4.79 Å². The summed E-state index contributed by atoms with van der Waals surface area (Å²) in [5.41, 5.74) is 5.70. The quantitative estimate of drug-likeness (QED) is 0.601. The molecule has 0 bridgehead atoms. The summed E-state index contributed by atoms with van der Waals surface area (Å²) in [7, 11) is 0. The van der Waals surface area contributed by atoms with Crippen LogP contribution in [0.1, 0.15) is 33.7 Å². The molecule has 3 aromatic rings. The number of amides is 1. The summed E-state index contributed by atoms with van der Waals surface area (Å²) in [5.74, 6) is 0.688. The molecule has 1 N–H and O–H groups in total. The number of aromatic nitrogens is 2. The molecule has 0 saturated heterocycles. The summed E-state index contributed by atoms with van der Waals surface area (Å²) in [5, 5.41) is 5.74. The number of carbonyl (C=O) groups is 1. The van der Waals surface area contributed by atoms with E-state index in [0.717, 1.165) is 21.1 Å². The highest BCUT2D eigenvalue weighted by Crippen LogP contribution is 2.27. The summed E-state index contributed by atoms with van der Waals surface area (Å²) in [4.78, 5) is 22.4. The van der Waals surface area contributed by atoms with Crippen LogP contribution in [0.25, 0.3) is 10.9 Å². The Kier molecular flexibility index (Phi) is 5.63. The predicted molar refractivity (Wildman–Crippen MR) is 112 cm³/mol. The summed E-state index contributed by atoms with van der Waals surface area (Å²) < 4.78 is 0. The Morgan fingerprint density at radius 2 is 1.85 bits per heavy atom. The first kappa shape index (κ1) is 18.9. The molecule has 4 nitrogen and oxygen atoms in total. The maximum Gasteiger partial charge on any atom is 0.226 e. The summed E-state index contributed by atoms with van der Waals surface area (Å²) in [6.45, 7) is 10.3. The van der Waals surface area contributed by atoms with Gasteiger partial charge in [-0.1, -0.05) is 11.6 Å². The smallest absolute Gasteiger partial charge is 0.226 e. The lowest BCUT2D eigenvalue weighted by Crippen LogP contribution is -2.12. The van der Waals surface area contributed by atoms with Crippen molar-refractivity contribution in [3.05, 3.63) is 45.5 Å². The minimum atomic E-state index is -0.00411. The van der Waals surface area contributed by atoms with Gasteiger partial charge in [-0.3, -0.25) is 4.79 Å². The number of nitrogens with zero attached hydrogens (tertiary/aromatic N) is 2. The second kappa shape index (κ2) is 7.76. The monoisotopic (exact) mass is 385 g/mol. The van der Waals surface area contributed by atoms with E-state index in [9.17, 15) is 4.79 Å². The average molecular weight is 386 g/mol. The van der Waals surface area contributed by atoms with Crippen LogP contribution in [0.2, 0.25) is 0 Å². The Bertz CT molecular complexity index is 959. The Hall–Kier alpha value is -1.92. The number of anilines is 1. The van der Waals surface area contributed by atoms with Crippen LogP contribution in [0.5, 0.6) is 0 Å². The van der Waals surface area contributed by atoms with Crippen molar-refractivity contribution in [2.24, 2.45) is 0 Å². The first-order chi connectivity index (χ1) is 12.3. The summed E-state index contributed by atoms with van der Waals surface area (Å²) >= 11 is 3.14. The predicted octanol–water partition coefficient (Wildman–Crippen LogP) is 5.35. The number of fused-ring (bicyclic) bond motifs is 1. The molecule has 0 aliphatic rings. The normalized spacial score (nSPS) is 11.1. The van der Waals surface area contributed by atoms with Crippen molar-refractivity contribution in [3.63, 3.8) is 0 Å². The lowest BCUT2D eigenvalue weighted by atomic mass is 10.0. The van der Waals surface area contributed by atoms with E-state index in [4.69, 9.17) is 4.98 Å². The lowest BCUT2D eigenvalue weighted by Gasteiger charge is -2.09. The van der Waals surface area contributed by atoms with Crippen molar-refractivity contribution in [1.29, 1.82) is 0 Å². The van der Waals surface area contributed by atoms with E-state index in [1.165, 1.54) is 33.4 Å². The van der Waals surface area contributed by atoms with E-state index in [2.05, 4.69) is 49.3 Å². The van der Waals surface area contributed by atoms with Crippen molar-refractivity contribution in [3.8, 4) is 0 Å². The van der Waals surface area contributed by atoms with Gasteiger partial charge in [-0.15, -0.1) is 23.1 Å². The summed E-state index contributed by atoms with van der Waals surface area (Å²) in [6, 6.07) is 6.45. The molecular formula is C20H23N3OS2. The molecule has 0 saturated carbocycles. The molecule has 136 valence electrons. The fourth-order valence-electron chi connectivity index (χ4n) is 2.84. The lowest BCUT2D eigenvalue weighted by molar-refractivity contribution is -0.115. The number of benzene rings is 1. The zero-order valence-corrected chi connectivity index (χ0v) is 17.4. The topological polar surface area (TPSA) is 54.9 Å². The van der Waals surface area contributed by atoms with Crippen LogP contribution in [-0.2, 0) is 4.79 Å². The van der Waals surface area contributed by atoms with Gasteiger partial charge in [0.15, 0.2) is 5.13 Å². The van der Waals surface area contributed by atoms with Gasteiger partial charge in [0.1, 0.15) is 0 Å². The maximum absolute atomic E-state index is 12.1. The zero-order valence-electron chi connectivity index (χ0n) is 15.8. The minimum Gasteiger partial charge on any atom is -0.302 e. The van der Waals surface area contributed by atoms with Gasteiger partial charge in [0.25, 0.3) is 0 Å². The summed E-state index contributed by atoms with van der Waals surface area (Å²) in [6.07, 6.45) is 0.438. The SMILES string of the molecule is Cc1cc(C)c2nc(SCCC(=O)Nc3nc(C)c(C)s3)cc(C)c2c1. The number of nitrogens with one attached hydrogen (secondary N) is 1. The van der Waals surface area contributed by atoms with Crippen LogP contribution in [0.3, 0.4) is 0 Å². The molecule has 6 heteroatoms. The van der Waals surface area contributed by atoms with Crippen LogP contribution in [0.4, 0.5) is 5.13 Å². The maximum atomic E-state index is 12.1. The van der Waals surface area contributed by atoms with E-state index in [1.54, 1.807) is 11.8 Å². The number of thioether (sulfide) groups is 1. The Balaban J connectivity index is 1.63. The zero-order chi connectivity index (χ0) is 18.8. The highest BCUT2D eigenvalue weighted by molar-refractivity contribution is 7.99. The molecule has 0 aliphatic heterocycles.